The van der Waals surface area contributed by atoms with Gasteiger partial charge < -0.3 is 14.2 Å². The minimum absolute atomic E-state index is 0.0553. The highest BCUT2D eigenvalue weighted by atomic mass is 16.5. The number of hydrogen-bond acceptors (Lipinski definition) is 4. The third-order valence-electron chi connectivity index (χ3n) is 2.64. The van der Waals surface area contributed by atoms with E-state index in [0.717, 1.165) is 32.7 Å². The van der Waals surface area contributed by atoms with E-state index in [2.05, 4.69) is 4.74 Å². The molecule has 1 heterocycles. The van der Waals surface area contributed by atoms with Gasteiger partial charge >= 0.3 is 5.97 Å². The number of rotatable bonds is 5. The summed E-state index contributed by atoms with van der Waals surface area (Å²) in [6.45, 7) is 4.29. The van der Waals surface area contributed by atoms with Crippen LogP contribution in [0.25, 0.3) is 0 Å². The molecule has 4 heteroatoms. The van der Waals surface area contributed by atoms with Crippen LogP contribution in [0, 0.1) is 5.92 Å². The van der Waals surface area contributed by atoms with Crippen molar-refractivity contribution in [3.8, 4) is 0 Å². The molecule has 88 valence electrons. The van der Waals surface area contributed by atoms with Gasteiger partial charge in [0.15, 0.2) is 0 Å². The summed E-state index contributed by atoms with van der Waals surface area (Å²) in [5.41, 5.74) is 0. The van der Waals surface area contributed by atoms with Crippen molar-refractivity contribution in [1.29, 1.82) is 0 Å². The number of carbonyl (C=O) groups is 1. The van der Waals surface area contributed by atoms with E-state index in [-0.39, 0.29) is 12.1 Å². The molecule has 0 bridgehead atoms. The fourth-order valence-electron chi connectivity index (χ4n) is 1.59. The third-order valence-corrected chi connectivity index (χ3v) is 2.64. The van der Waals surface area contributed by atoms with Crippen LogP contribution in [0.15, 0.2) is 0 Å². The van der Waals surface area contributed by atoms with E-state index in [9.17, 15) is 4.79 Å². The van der Waals surface area contributed by atoms with Crippen molar-refractivity contribution in [2.75, 3.05) is 26.9 Å². The highest BCUT2D eigenvalue weighted by Crippen LogP contribution is 2.15. The van der Waals surface area contributed by atoms with Gasteiger partial charge in [-0.1, -0.05) is 0 Å². The van der Waals surface area contributed by atoms with E-state index >= 15 is 0 Å². The van der Waals surface area contributed by atoms with E-state index in [1.807, 2.05) is 6.92 Å². The van der Waals surface area contributed by atoms with Crippen LogP contribution >= 0.6 is 0 Å². The van der Waals surface area contributed by atoms with Gasteiger partial charge in [0, 0.05) is 19.8 Å². The molecule has 0 N–H and O–H groups in total. The van der Waals surface area contributed by atoms with Crippen LogP contribution in [-0.4, -0.2) is 39.0 Å². The van der Waals surface area contributed by atoms with Crippen molar-refractivity contribution in [1.82, 2.24) is 0 Å². The molecule has 0 spiro atoms. The number of ether oxygens (including phenoxy) is 3. The molecular weight excluding hydrogens is 196 g/mol. The average molecular weight is 216 g/mol. The molecule has 1 unspecified atom stereocenters. The van der Waals surface area contributed by atoms with Gasteiger partial charge in [0.1, 0.15) is 0 Å². The van der Waals surface area contributed by atoms with Gasteiger partial charge in [-0.15, -0.1) is 0 Å². The minimum Gasteiger partial charge on any atom is -0.469 e. The highest BCUT2D eigenvalue weighted by Gasteiger charge is 2.16. The quantitative estimate of drug-likeness (QED) is 0.651. The molecule has 1 aliphatic heterocycles. The Balaban J connectivity index is 2.09. The predicted octanol–water partition coefficient (Wildman–Crippen LogP) is 1.38. The van der Waals surface area contributed by atoms with Gasteiger partial charge in [0.25, 0.3) is 0 Å². The topological polar surface area (TPSA) is 44.8 Å². The molecule has 1 rings (SSSR count). The molecule has 0 aromatic rings. The third kappa shape index (κ3) is 5.14. The van der Waals surface area contributed by atoms with Crippen molar-refractivity contribution >= 4 is 5.97 Å². The molecule has 15 heavy (non-hydrogen) atoms. The lowest BCUT2D eigenvalue weighted by molar-refractivity contribution is -0.143. The maximum Gasteiger partial charge on any atom is 0.308 e. The second-order valence-electron chi connectivity index (χ2n) is 3.98. The van der Waals surface area contributed by atoms with E-state index < -0.39 is 0 Å². The van der Waals surface area contributed by atoms with Crippen molar-refractivity contribution in [3.63, 3.8) is 0 Å². The van der Waals surface area contributed by atoms with Crippen LogP contribution in [-0.2, 0) is 19.0 Å². The molecule has 1 fully saturated rings. The Hall–Kier alpha value is -0.610. The lowest BCUT2D eigenvalue weighted by Crippen LogP contribution is -2.24. The van der Waals surface area contributed by atoms with Gasteiger partial charge in [0.2, 0.25) is 0 Å². The van der Waals surface area contributed by atoms with Crippen LogP contribution < -0.4 is 0 Å². The summed E-state index contributed by atoms with van der Waals surface area (Å²) in [7, 11) is 1.40. The zero-order chi connectivity index (χ0) is 11.1. The van der Waals surface area contributed by atoms with Crippen molar-refractivity contribution < 1.29 is 19.0 Å². The Labute approximate surface area is 90.9 Å². The molecule has 0 aromatic heterocycles. The Morgan fingerprint density at radius 3 is 2.73 bits per heavy atom. The Morgan fingerprint density at radius 2 is 2.13 bits per heavy atom. The van der Waals surface area contributed by atoms with Crippen molar-refractivity contribution in [2.45, 2.75) is 32.3 Å². The summed E-state index contributed by atoms with van der Waals surface area (Å²) in [6.07, 6.45) is 2.40. The molecule has 0 amide bonds. The summed E-state index contributed by atoms with van der Waals surface area (Å²) >= 11 is 0. The molecule has 1 atom stereocenters. The van der Waals surface area contributed by atoms with Gasteiger partial charge in [-0.2, -0.15) is 0 Å². The molecule has 1 saturated heterocycles. The van der Waals surface area contributed by atoms with E-state index in [1.54, 1.807) is 0 Å². The molecular formula is C11H20O4. The molecule has 0 aliphatic carbocycles. The van der Waals surface area contributed by atoms with Crippen molar-refractivity contribution in [2.24, 2.45) is 5.92 Å². The first-order chi connectivity index (χ1) is 7.22. The van der Waals surface area contributed by atoms with Crippen LogP contribution in [0.5, 0.6) is 0 Å². The van der Waals surface area contributed by atoms with Gasteiger partial charge in [-0.3, -0.25) is 4.79 Å². The largest absolute Gasteiger partial charge is 0.469 e. The number of esters is 1. The Morgan fingerprint density at radius 1 is 1.47 bits per heavy atom. The smallest absolute Gasteiger partial charge is 0.308 e. The first kappa shape index (κ1) is 12.5. The van der Waals surface area contributed by atoms with Gasteiger partial charge in [-0.25, -0.2) is 0 Å². The maximum absolute atomic E-state index is 11.0. The minimum atomic E-state index is -0.213. The van der Waals surface area contributed by atoms with E-state index in [4.69, 9.17) is 9.47 Å². The fraction of sp³-hybridized carbons (Fsp3) is 0.909. The zero-order valence-electron chi connectivity index (χ0n) is 9.53. The molecule has 0 saturated carbocycles. The molecule has 1 aliphatic rings. The summed E-state index contributed by atoms with van der Waals surface area (Å²) < 4.78 is 15.4. The summed E-state index contributed by atoms with van der Waals surface area (Å²) in [5, 5.41) is 0. The Bertz CT molecular complexity index is 187. The lowest BCUT2D eigenvalue weighted by Gasteiger charge is -2.23. The summed E-state index contributed by atoms with van der Waals surface area (Å²) in [5.74, 6) is 0.369. The second-order valence-corrected chi connectivity index (χ2v) is 3.98. The molecule has 0 aromatic carbocycles. The summed E-state index contributed by atoms with van der Waals surface area (Å²) in [4.78, 5) is 11.0. The van der Waals surface area contributed by atoms with Gasteiger partial charge in [0.05, 0.1) is 19.6 Å². The Kier molecular flexibility index (Phi) is 5.65. The predicted molar refractivity (Wildman–Crippen MR) is 55.6 cm³/mol. The lowest BCUT2D eigenvalue weighted by atomic mass is 10.0. The normalized spacial score (nSPS) is 19.9. The second kappa shape index (κ2) is 6.80. The maximum atomic E-state index is 11.0. The van der Waals surface area contributed by atoms with E-state index in [0.29, 0.717) is 12.3 Å². The summed E-state index contributed by atoms with van der Waals surface area (Å²) in [6, 6.07) is 0. The number of carbonyl (C=O) groups excluding carboxylic acids is 1. The fourth-order valence-corrected chi connectivity index (χ4v) is 1.59. The zero-order valence-corrected chi connectivity index (χ0v) is 9.53. The molecule has 4 nitrogen and oxygen atoms in total. The monoisotopic (exact) mass is 216 g/mol. The van der Waals surface area contributed by atoms with Crippen LogP contribution in [0.3, 0.4) is 0 Å². The van der Waals surface area contributed by atoms with Crippen molar-refractivity contribution in [3.05, 3.63) is 0 Å². The standard InChI is InChI=1S/C11H20O4/c1-9(7-11(12)13-2)15-8-10-3-5-14-6-4-10/h9-10H,3-8H2,1-2H3. The molecule has 0 radical (unpaired) electrons. The number of methoxy groups -OCH3 is 1. The van der Waals surface area contributed by atoms with E-state index in [1.165, 1.54) is 7.11 Å². The average Bonchev–Trinajstić information content (AvgIpc) is 2.27. The SMILES string of the molecule is COC(=O)CC(C)OCC1CCOCC1. The van der Waals surface area contributed by atoms with Gasteiger partial charge in [-0.05, 0) is 25.7 Å². The highest BCUT2D eigenvalue weighted by molar-refractivity contribution is 5.69. The van der Waals surface area contributed by atoms with Crippen LogP contribution in [0.2, 0.25) is 0 Å². The van der Waals surface area contributed by atoms with Crippen LogP contribution in [0.4, 0.5) is 0 Å². The first-order valence-corrected chi connectivity index (χ1v) is 5.48. The van der Waals surface area contributed by atoms with Crippen LogP contribution in [0.1, 0.15) is 26.2 Å². The first-order valence-electron chi connectivity index (χ1n) is 5.48. The number of hydrogen-bond donors (Lipinski definition) is 0.